The molecule has 24 heavy (non-hydrogen) atoms. The van der Waals surface area contributed by atoms with Gasteiger partial charge in [-0.1, -0.05) is 30.7 Å². The maximum Gasteiger partial charge on any atom is 0.119 e. The number of ether oxygens (including phenoxy) is 1. The van der Waals surface area contributed by atoms with Gasteiger partial charge in [0.05, 0.1) is 0 Å². The van der Waals surface area contributed by atoms with Gasteiger partial charge >= 0.3 is 0 Å². The van der Waals surface area contributed by atoms with Crippen LogP contribution in [0, 0.1) is 0 Å². The van der Waals surface area contributed by atoms with E-state index in [9.17, 15) is 0 Å². The molecule has 2 aromatic carbocycles. The highest BCUT2D eigenvalue weighted by molar-refractivity contribution is 5.40. The monoisotopic (exact) mass is 322 g/mol. The highest BCUT2D eigenvalue weighted by Crippen LogP contribution is 2.40. The standard InChI is InChI=1S/C21H26N2O/c22-18-5-3-4-16(14-18)15-24-20-10-7-17(8-11-20)21-12-9-19-6-1-2-13-23(19)21/h3-5,7-8,10-11,14,19,21H,1-2,6,9,12-13,15,22H2. The molecule has 0 aliphatic carbocycles. The molecule has 126 valence electrons. The van der Waals surface area contributed by atoms with Crippen molar-refractivity contribution in [2.24, 2.45) is 0 Å². The Kier molecular flexibility index (Phi) is 4.44. The van der Waals surface area contributed by atoms with Gasteiger partial charge in [-0.15, -0.1) is 0 Å². The minimum atomic E-state index is 0.558. The van der Waals surface area contributed by atoms with Crippen molar-refractivity contribution < 1.29 is 4.74 Å². The van der Waals surface area contributed by atoms with E-state index in [1.807, 2.05) is 24.3 Å². The molecule has 2 N–H and O–H groups in total. The quantitative estimate of drug-likeness (QED) is 0.840. The first-order valence-electron chi connectivity index (χ1n) is 9.12. The molecule has 0 spiro atoms. The Labute approximate surface area is 144 Å². The number of nitrogens with two attached hydrogens (primary N) is 1. The predicted octanol–water partition coefficient (Wildman–Crippen LogP) is 4.54. The molecule has 2 atom stereocenters. The van der Waals surface area contributed by atoms with E-state index in [4.69, 9.17) is 10.5 Å². The van der Waals surface area contributed by atoms with Crippen LogP contribution in [0.4, 0.5) is 5.69 Å². The van der Waals surface area contributed by atoms with Crippen molar-refractivity contribution in [3.8, 4) is 5.75 Å². The number of anilines is 1. The van der Waals surface area contributed by atoms with Crippen LogP contribution in [0.2, 0.25) is 0 Å². The van der Waals surface area contributed by atoms with Gasteiger partial charge in [0, 0.05) is 17.8 Å². The van der Waals surface area contributed by atoms with Crippen LogP contribution in [0.5, 0.6) is 5.75 Å². The minimum absolute atomic E-state index is 0.558. The normalized spacial score (nSPS) is 23.8. The Morgan fingerprint density at radius 2 is 1.88 bits per heavy atom. The Balaban J connectivity index is 1.39. The van der Waals surface area contributed by atoms with Gasteiger partial charge in [0.25, 0.3) is 0 Å². The average molecular weight is 322 g/mol. The third-order valence-corrected chi connectivity index (χ3v) is 5.47. The zero-order chi connectivity index (χ0) is 16.4. The first kappa shape index (κ1) is 15.5. The smallest absolute Gasteiger partial charge is 0.119 e. The molecule has 0 aromatic heterocycles. The van der Waals surface area contributed by atoms with Crippen molar-refractivity contribution in [3.05, 3.63) is 59.7 Å². The zero-order valence-electron chi connectivity index (χ0n) is 14.2. The van der Waals surface area contributed by atoms with Gasteiger partial charge in [0.15, 0.2) is 0 Å². The lowest BCUT2D eigenvalue weighted by Gasteiger charge is -2.34. The first-order valence-corrected chi connectivity index (χ1v) is 9.12. The molecule has 3 heteroatoms. The lowest BCUT2D eigenvalue weighted by atomic mass is 10.0. The van der Waals surface area contributed by atoms with Crippen LogP contribution in [-0.2, 0) is 6.61 Å². The molecule has 0 radical (unpaired) electrons. The van der Waals surface area contributed by atoms with Gasteiger partial charge in [0.1, 0.15) is 12.4 Å². The van der Waals surface area contributed by atoms with Crippen molar-refractivity contribution in [3.63, 3.8) is 0 Å². The number of rotatable bonds is 4. The third kappa shape index (κ3) is 3.27. The van der Waals surface area contributed by atoms with Crippen molar-refractivity contribution in [1.29, 1.82) is 0 Å². The van der Waals surface area contributed by atoms with Crippen molar-refractivity contribution in [2.45, 2.75) is 50.8 Å². The fraction of sp³-hybridized carbons (Fsp3) is 0.429. The Morgan fingerprint density at radius 3 is 2.71 bits per heavy atom. The van der Waals surface area contributed by atoms with E-state index in [-0.39, 0.29) is 0 Å². The van der Waals surface area contributed by atoms with E-state index in [1.54, 1.807) is 0 Å². The number of hydrogen-bond donors (Lipinski definition) is 1. The van der Waals surface area contributed by atoms with E-state index >= 15 is 0 Å². The minimum Gasteiger partial charge on any atom is -0.489 e. The summed E-state index contributed by atoms with van der Waals surface area (Å²) in [6.07, 6.45) is 6.81. The number of fused-ring (bicyclic) bond motifs is 1. The third-order valence-electron chi connectivity index (χ3n) is 5.47. The predicted molar refractivity (Wildman–Crippen MR) is 97.9 cm³/mol. The van der Waals surface area contributed by atoms with Gasteiger partial charge in [-0.3, -0.25) is 4.90 Å². The summed E-state index contributed by atoms with van der Waals surface area (Å²) in [7, 11) is 0. The van der Waals surface area contributed by atoms with E-state index < -0.39 is 0 Å². The number of piperidine rings is 1. The molecule has 2 aliphatic rings. The molecule has 0 bridgehead atoms. The van der Waals surface area contributed by atoms with Crippen LogP contribution in [0.1, 0.15) is 49.3 Å². The van der Waals surface area contributed by atoms with Crippen LogP contribution < -0.4 is 10.5 Å². The molecule has 2 heterocycles. The molecule has 3 nitrogen and oxygen atoms in total. The molecule has 0 amide bonds. The SMILES string of the molecule is Nc1cccc(COc2ccc(C3CCC4CCCCN43)cc2)c1. The highest BCUT2D eigenvalue weighted by atomic mass is 16.5. The highest BCUT2D eigenvalue weighted by Gasteiger charge is 2.35. The maximum atomic E-state index is 5.90. The largest absolute Gasteiger partial charge is 0.489 e. The van der Waals surface area contributed by atoms with Gasteiger partial charge in [-0.2, -0.15) is 0 Å². The molecule has 0 saturated carbocycles. The summed E-state index contributed by atoms with van der Waals surface area (Å²) in [5, 5.41) is 0. The second-order valence-electron chi connectivity index (χ2n) is 7.08. The Hall–Kier alpha value is -2.00. The fourth-order valence-corrected chi connectivity index (χ4v) is 4.25. The van der Waals surface area contributed by atoms with Gasteiger partial charge in [-0.25, -0.2) is 0 Å². The van der Waals surface area contributed by atoms with E-state index in [0.717, 1.165) is 23.0 Å². The summed E-state index contributed by atoms with van der Waals surface area (Å²) in [5.41, 5.74) is 9.14. The van der Waals surface area contributed by atoms with Crippen molar-refractivity contribution >= 4 is 5.69 Å². The Bertz CT molecular complexity index is 682. The topological polar surface area (TPSA) is 38.5 Å². The summed E-state index contributed by atoms with van der Waals surface area (Å²) in [4.78, 5) is 2.73. The second kappa shape index (κ2) is 6.86. The maximum absolute atomic E-state index is 5.90. The Morgan fingerprint density at radius 1 is 1.00 bits per heavy atom. The molecule has 2 aliphatic heterocycles. The van der Waals surface area contributed by atoms with Crippen molar-refractivity contribution in [2.75, 3.05) is 12.3 Å². The summed E-state index contributed by atoms with van der Waals surface area (Å²) < 4.78 is 5.90. The summed E-state index contributed by atoms with van der Waals surface area (Å²) in [6.45, 7) is 1.82. The van der Waals surface area contributed by atoms with E-state index in [1.165, 1.54) is 44.2 Å². The van der Waals surface area contributed by atoms with Gasteiger partial charge in [-0.05, 0) is 67.6 Å². The lowest BCUT2D eigenvalue weighted by Crippen LogP contribution is -2.35. The molecule has 2 unspecified atom stereocenters. The number of benzene rings is 2. The summed E-state index contributed by atoms with van der Waals surface area (Å²) >= 11 is 0. The number of nitrogen functional groups attached to an aromatic ring is 1. The molecular formula is C21H26N2O. The number of hydrogen-bond acceptors (Lipinski definition) is 3. The summed E-state index contributed by atoms with van der Waals surface area (Å²) in [6, 6.07) is 18.0. The molecule has 4 rings (SSSR count). The lowest BCUT2D eigenvalue weighted by molar-refractivity contribution is 0.150. The van der Waals surface area contributed by atoms with E-state index in [2.05, 4.69) is 29.2 Å². The first-order chi connectivity index (χ1) is 11.8. The van der Waals surface area contributed by atoms with Crippen LogP contribution in [0.3, 0.4) is 0 Å². The van der Waals surface area contributed by atoms with Gasteiger partial charge < -0.3 is 10.5 Å². The van der Waals surface area contributed by atoms with E-state index in [0.29, 0.717) is 12.6 Å². The van der Waals surface area contributed by atoms with Crippen LogP contribution in [-0.4, -0.2) is 17.5 Å². The zero-order valence-corrected chi connectivity index (χ0v) is 14.2. The van der Waals surface area contributed by atoms with Crippen LogP contribution in [0.15, 0.2) is 48.5 Å². The van der Waals surface area contributed by atoms with Crippen LogP contribution in [0.25, 0.3) is 0 Å². The second-order valence-corrected chi connectivity index (χ2v) is 7.08. The van der Waals surface area contributed by atoms with Gasteiger partial charge in [0.2, 0.25) is 0 Å². The van der Waals surface area contributed by atoms with Crippen LogP contribution >= 0.6 is 0 Å². The average Bonchev–Trinajstić information content (AvgIpc) is 3.05. The van der Waals surface area contributed by atoms with Crippen molar-refractivity contribution in [1.82, 2.24) is 4.90 Å². The molecule has 2 fully saturated rings. The summed E-state index contributed by atoms with van der Waals surface area (Å²) in [5.74, 6) is 0.925. The fourth-order valence-electron chi connectivity index (χ4n) is 4.25. The molecule has 2 aromatic rings. The molecular weight excluding hydrogens is 296 g/mol. The number of nitrogens with zero attached hydrogens (tertiary/aromatic N) is 1. The molecule has 2 saturated heterocycles.